The molecule has 2 heterocycles. The number of hydrogen-bond acceptors (Lipinski definition) is 5. The SMILES string of the molecule is CCN(CC)CCCCc1cnc(-c2cc(C(N)=O)ccn2)nc1. The van der Waals surface area contributed by atoms with Crippen LogP contribution in [0, 0.1) is 0 Å². The third-order valence-corrected chi connectivity index (χ3v) is 4.06. The topological polar surface area (TPSA) is 85.0 Å². The molecule has 6 nitrogen and oxygen atoms in total. The van der Waals surface area contributed by atoms with E-state index in [-0.39, 0.29) is 0 Å². The largest absolute Gasteiger partial charge is 0.366 e. The summed E-state index contributed by atoms with van der Waals surface area (Å²) in [4.78, 5) is 26.6. The second-order valence-electron chi connectivity index (χ2n) is 5.69. The van der Waals surface area contributed by atoms with E-state index in [9.17, 15) is 4.79 Å². The highest BCUT2D eigenvalue weighted by atomic mass is 16.1. The molecule has 24 heavy (non-hydrogen) atoms. The van der Waals surface area contributed by atoms with E-state index in [1.165, 1.54) is 6.42 Å². The predicted octanol–water partition coefficient (Wildman–Crippen LogP) is 2.30. The number of amides is 1. The van der Waals surface area contributed by atoms with Crippen molar-refractivity contribution < 1.29 is 4.79 Å². The number of carbonyl (C=O) groups excluding carboxylic acids is 1. The van der Waals surface area contributed by atoms with Crippen LogP contribution in [0.15, 0.2) is 30.7 Å². The lowest BCUT2D eigenvalue weighted by Crippen LogP contribution is -2.23. The Labute approximate surface area is 143 Å². The monoisotopic (exact) mass is 327 g/mol. The number of nitrogens with two attached hydrogens (primary N) is 1. The highest BCUT2D eigenvalue weighted by Gasteiger charge is 2.07. The Bertz CT molecular complexity index is 653. The molecule has 0 spiro atoms. The number of hydrogen-bond donors (Lipinski definition) is 1. The zero-order valence-corrected chi connectivity index (χ0v) is 14.4. The van der Waals surface area contributed by atoms with E-state index in [0.717, 1.165) is 38.0 Å². The molecular weight excluding hydrogens is 302 g/mol. The lowest BCUT2D eigenvalue weighted by molar-refractivity contribution is 0.1000. The van der Waals surface area contributed by atoms with Crippen molar-refractivity contribution >= 4 is 5.91 Å². The van der Waals surface area contributed by atoms with Crippen molar-refractivity contribution in [1.82, 2.24) is 19.9 Å². The van der Waals surface area contributed by atoms with Gasteiger partial charge in [-0.2, -0.15) is 0 Å². The fourth-order valence-electron chi connectivity index (χ4n) is 2.53. The molecule has 0 saturated heterocycles. The molecule has 0 bridgehead atoms. The minimum absolute atomic E-state index is 0.407. The third-order valence-electron chi connectivity index (χ3n) is 4.06. The van der Waals surface area contributed by atoms with Gasteiger partial charge in [-0.05, 0) is 56.6 Å². The van der Waals surface area contributed by atoms with Crippen LogP contribution in [0.25, 0.3) is 11.5 Å². The van der Waals surface area contributed by atoms with Gasteiger partial charge in [-0.15, -0.1) is 0 Å². The Hall–Kier alpha value is -2.34. The van der Waals surface area contributed by atoms with E-state index in [4.69, 9.17) is 5.73 Å². The van der Waals surface area contributed by atoms with Crippen LogP contribution in [-0.2, 0) is 6.42 Å². The maximum atomic E-state index is 11.2. The summed E-state index contributed by atoms with van der Waals surface area (Å²) >= 11 is 0. The summed E-state index contributed by atoms with van der Waals surface area (Å²) in [6.45, 7) is 7.72. The van der Waals surface area contributed by atoms with Crippen LogP contribution in [0.1, 0.15) is 42.6 Å². The Balaban J connectivity index is 1.91. The van der Waals surface area contributed by atoms with Gasteiger partial charge in [-0.3, -0.25) is 9.78 Å². The quantitative estimate of drug-likeness (QED) is 0.714. The smallest absolute Gasteiger partial charge is 0.248 e. The predicted molar refractivity (Wildman–Crippen MR) is 94.5 cm³/mol. The molecule has 2 aromatic heterocycles. The van der Waals surface area contributed by atoms with E-state index < -0.39 is 5.91 Å². The lowest BCUT2D eigenvalue weighted by atomic mass is 10.1. The van der Waals surface area contributed by atoms with E-state index in [2.05, 4.69) is 33.7 Å². The molecule has 2 rings (SSSR count). The van der Waals surface area contributed by atoms with E-state index in [0.29, 0.717) is 17.1 Å². The number of primary amides is 1. The first-order valence-electron chi connectivity index (χ1n) is 8.43. The molecule has 0 aliphatic rings. The van der Waals surface area contributed by atoms with Crippen LogP contribution in [-0.4, -0.2) is 45.4 Å². The van der Waals surface area contributed by atoms with Crippen molar-refractivity contribution in [1.29, 1.82) is 0 Å². The molecule has 0 aliphatic carbocycles. The first kappa shape index (κ1) is 18.0. The third kappa shape index (κ3) is 5.09. The fraction of sp³-hybridized carbons (Fsp3) is 0.444. The maximum Gasteiger partial charge on any atom is 0.248 e. The van der Waals surface area contributed by atoms with Crippen molar-refractivity contribution in [2.45, 2.75) is 33.1 Å². The molecule has 0 atom stereocenters. The molecule has 128 valence electrons. The van der Waals surface area contributed by atoms with Crippen LogP contribution >= 0.6 is 0 Å². The van der Waals surface area contributed by atoms with E-state index in [1.54, 1.807) is 18.3 Å². The molecule has 6 heteroatoms. The van der Waals surface area contributed by atoms with Gasteiger partial charge in [-0.1, -0.05) is 13.8 Å². The molecule has 0 aliphatic heterocycles. The summed E-state index contributed by atoms with van der Waals surface area (Å²) in [6.07, 6.45) is 8.47. The second-order valence-corrected chi connectivity index (χ2v) is 5.69. The summed E-state index contributed by atoms with van der Waals surface area (Å²) < 4.78 is 0. The Morgan fingerprint density at radius 1 is 1.12 bits per heavy atom. The first-order chi connectivity index (χ1) is 11.6. The Morgan fingerprint density at radius 3 is 2.46 bits per heavy atom. The molecule has 0 radical (unpaired) electrons. The minimum Gasteiger partial charge on any atom is -0.366 e. The van der Waals surface area contributed by atoms with Gasteiger partial charge in [0.1, 0.15) is 5.69 Å². The summed E-state index contributed by atoms with van der Waals surface area (Å²) in [5, 5.41) is 0. The average molecular weight is 327 g/mol. The number of unbranched alkanes of at least 4 members (excludes halogenated alkanes) is 1. The Kier molecular flexibility index (Phi) is 6.81. The number of pyridine rings is 1. The lowest BCUT2D eigenvalue weighted by Gasteiger charge is -2.17. The number of aromatic nitrogens is 3. The molecule has 1 amide bonds. The highest BCUT2D eigenvalue weighted by molar-refractivity contribution is 5.93. The highest BCUT2D eigenvalue weighted by Crippen LogP contribution is 2.13. The van der Waals surface area contributed by atoms with Crippen LogP contribution in [0.3, 0.4) is 0 Å². The summed E-state index contributed by atoms with van der Waals surface area (Å²) in [5.41, 5.74) is 7.36. The van der Waals surface area contributed by atoms with Gasteiger partial charge in [-0.25, -0.2) is 9.97 Å². The number of aryl methyl sites for hydroxylation is 1. The normalized spacial score (nSPS) is 11.0. The number of rotatable bonds is 9. The second kappa shape index (κ2) is 9.08. The van der Waals surface area contributed by atoms with Crippen molar-refractivity contribution in [2.24, 2.45) is 5.73 Å². The van der Waals surface area contributed by atoms with Crippen molar-refractivity contribution in [3.05, 3.63) is 41.9 Å². The zero-order valence-electron chi connectivity index (χ0n) is 14.4. The van der Waals surface area contributed by atoms with Crippen LogP contribution < -0.4 is 5.73 Å². The van der Waals surface area contributed by atoms with E-state index >= 15 is 0 Å². The molecule has 0 aromatic carbocycles. The summed E-state index contributed by atoms with van der Waals surface area (Å²) in [7, 11) is 0. The minimum atomic E-state index is -0.483. The van der Waals surface area contributed by atoms with Crippen molar-refractivity contribution in [3.63, 3.8) is 0 Å². The molecule has 0 fully saturated rings. The maximum absolute atomic E-state index is 11.2. The number of nitrogens with zero attached hydrogens (tertiary/aromatic N) is 4. The molecule has 2 N–H and O–H groups in total. The molecular formula is C18H25N5O. The van der Waals surface area contributed by atoms with Crippen molar-refractivity contribution in [3.8, 4) is 11.5 Å². The van der Waals surface area contributed by atoms with E-state index in [1.807, 2.05) is 12.4 Å². The van der Waals surface area contributed by atoms with Gasteiger partial charge in [0.25, 0.3) is 0 Å². The van der Waals surface area contributed by atoms with Gasteiger partial charge in [0, 0.05) is 24.2 Å². The Morgan fingerprint density at radius 2 is 1.83 bits per heavy atom. The molecule has 0 unspecified atom stereocenters. The average Bonchev–Trinajstić information content (AvgIpc) is 2.62. The summed E-state index contributed by atoms with van der Waals surface area (Å²) in [5.74, 6) is 0.0217. The van der Waals surface area contributed by atoms with Gasteiger partial charge >= 0.3 is 0 Å². The first-order valence-corrected chi connectivity index (χ1v) is 8.43. The summed E-state index contributed by atoms with van der Waals surface area (Å²) in [6, 6.07) is 3.19. The number of carbonyl (C=O) groups is 1. The van der Waals surface area contributed by atoms with Gasteiger partial charge in [0.05, 0.1) is 0 Å². The standard InChI is InChI=1S/C18H25N5O/c1-3-23(4-2)10-6-5-7-14-12-21-18(22-13-14)16-11-15(17(19)24)8-9-20-16/h8-9,11-13H,3-7,10H2,1-2H3,(H2,19,24). The molecule has 0 saturated carbocycles. The van der Waals surface area contributed by atoms with Gasteiger partial charge < -0.3 is 10.6 Å². The van der Waals surface area contributed by atoms with Gasteiger partial charge in [0.15, 0.2) is 5.82 Å². The van der Waals surface area contributed by atoms with Crippen LogP contribution in [0.2, 0.25) is 0 Å². The fourth-order valence-corrected chi connectivity index (χ4v) is 2.53. The van der Waals surface area contributed by atoms with Crippen molar-refractivity contribution in [2.75, 3.05) is 19.6 Å². The zero-order chi connectivity index (χ0) is 17.4. The molecule has 2 aromatic rings. The van der Waals surface area contributed by atoms with Crippen LogP contribution in [0.5, 0.6) is 0 Å². The van der Waals surface area contributed by atoms with Gasteiger partial charge in [0.2, 0.25) is 5.91 Å². The van der Waals surface area contributed by atoms with Crippen LogP contribution in [0.4, 0.5) is 0 Å².